The van der Waals surface area contributed by atoms with Gasteiger partial charge < -0.3 is 93.2 Å². The Bertz CT molecular complexity index is 6600. The Labute approximate surface area is 834 Å². The summed E-state index contributed by atoms with van der Waals surface area (Å²) in [5.74, 6) is 8.71. The third-order valence-corrected chi connectivity index (χ3v) is 26.4. The third-order valence-electron chi connectivity index (χ3n) is 26.4. The zero-order chi connectivity index (χ0) is 99.1. The first-order valence-corrected chi connectivity index (χ1v) is 48.6. The monoisotopic (exact) mass is 1940 g/mol. The molecule has 12 aromatic rings. The summed E-state index contributed by atoms with van der Waals surface area (Å²) in [5.41, 5.74) is 7.86. The van der Waals surface area contributed by atoms with E-state index < -0.39 is 5.60 Å². The minimum Gasteiger partial charge on any atom is -0.497 e. The summed E-state index contributed by atoms with van der Waals surface area (Å²) in [4.78, 5) is 72.8. The highest BCUT2D eigenvalue weighted by Crippen LogP contribution is 2.40. The van der Waals surface area contributed by atoms with Crippen LogP contribution in [-0.4, -0.2) is 274 Å². The zero-order valence-corrected chi connectivity index (χ0v) is 80.5. The summed E-state index contributed by atoms with van der Waals surface area (Å²) in [6.45, 7) is 15.6. The molecule has 8 saturated heterocycles. The summed E-state index contributed by atoms with van der Waals surface area (Å²) in [6, 6.07) is 62.1. The molecular formula is C107H113N23O14. The molecule has 740 valence electrons. The van der Waals surface area contributed by atoms with Gasteiger partial charge in [0.25, 0.3) is 11.8 Å². The Morgan fingerprint density at radius 1 is 0.389 bits per heavy atom. The Balaban J connectivity index is 0.000000129. The largest absolute Gasteiger partial charge is 0.497 e. The number of methoxy groups -OCH3 is 2. The lowest BCUT2D eigenvalue weighted by molar-refractivity contribution is -0.144. The van der Waals surface area contributed by atoms with Gasteiger partial charge in [-0.15, -0.1) is 0 Å². The number of nitrogens with one attached hydrogen (secondary N) is 4. The molecule has 8 aliphatic heterocycles. The number of carbonyl (C=O) groups excluding carboxylic acids is 2. The van der Waals surface area contributed by atoms with Crippen LogP contribution in [0.15, 0.2) is 201 Å². The molecule has 0 bridgehead atoms. The molecule has 37 heteroatoms. The van der Waals surface area contributed by atoms with E-state index in [0.717, 1.165) is 150 Å². The van der Waals surface area contributed by atoms with Gasteiger partial charge in [-0.3, -0.25) is 24.1 Å². The van der Waals surface area contributed by atoms with Gasteiger partial charge in [0.1, 0.15) is 118 Å². The minimum absolute atomic E-state index is 0.0372. The highest BCUT2D eigenvalue weighted by molar-refractivity contribution is 5.98. The number of anilines is 9. The molecule has 21 rings (SSSR count). The van der Waals surface area contributed by atoms with E-state index in [1.54, 1.807) is 122 Å². The van der Waals surface area contributed by atoms with Gasteiger partial charge in [0.2, 0.25) is 0 Å². The van der Waals surface area contributed by atoms with Gasteiger partial charge in [0.15, 0.2) is 23.3 Å². The smallest absolute Gasteiger partial charge is 0.257 e. The van der Waals surface area contributed by atoms with Crippen LogP contribution in [0.25, 0.3) is 45.6 Å². The summed E-state index contributed by atoms with van der Waals surface area (Å²) in [5, 5.41) is 66.2. The van der Waals surface area contributed by atoms with Gasteiger partial charge in [0.05, 0.1) is 126 Å². The topological polar surface area (TPSA) is 436 Å². The molecule has 5 aromatic heterocycles. The quantitative estimate of drug-likeness (QED) is 0.0319. The lowest BCUT2D eigenvalue weighted by atomic mass is 10.1. The number of nitrogens with zero attached hydrogens (tertiary/aromatic N) is 19. The van der Waals surface area contributed by atoms with Crippen molar-refractivity contribution in [1.29, 1.82) is 21.0 Å². The van der Waals surface area contributed by atoms with Crippen LogP contribution in [0.1, 0.15) is 96.8 Å². The van der Waals surface area contributed by atoms with Crippen LogP contribution in [-0.2, 0) is 35.5 Å². The Morgan fingerprint density at radius 2 is 0.764 bits per heavy atom. The molecular weight excluding hydrogens is 1830 g/mol. The number of carbonyl (C=O) groups is 2. The SMILES string of the molecule is COc1cc(Nc2ccnc(-c3ccc(OC4CCOCC4)c(C#N)c3)n2)ccc1C(=O)N1CCN(C2COC2)CC1.COc1ccc(Nc2ccnc(-c3ccc(OC4CCOCC4)c(C#N)c3)n2)cc1.Cn1nccc1Nc1ccnc(-c2ccc(OC3CCOCC3)c(C#N)c2)n1.N#Cc1cc(-c2nccc(Nc3ccc(N4CCN(C5COC5)CC4)cc3)n2)ccc1OC1CCN(C(=O)C2(O)CC2)CC1. The first-order chi connectivity index (χ1) is 70.5. The highest BCUT2D eigenvalue weighted by atomic mass is 16.5. The zero-order valence-electron chi connectivity index (χ0n) is 80.5. The van der Waals surface area contributed by atoms with Crippen LogP contribution in [0.5, 0.6) is 34.5 Å². The average molecular weight is 1950 g/mol. The van der Waals surface area contributed by atoms with Gasteiger partial charge in [-0.05, 0) is 171 Å². The van der Waals surface area contributed by atoms with E-state index in [0.29, 0.717) is 212 Å². The first-order valence-electron chi connectivity index (χ1n) is 48.6. The van der Waals surface area contributed by atoms with Gasteiger partial charge in [0, 0.05) is 206 Å². The van der Waals surface area contributed by atoms with Crippen LogP contribution < -0.4 is 54.6 Å². The van der Waals surface area contributed by atoms with Crippen molar-refractivity contribution >= 4 is 63.7 Å². The van der Waals surface area contributed by atoms with E-state index in [2.05, 4.69) is 124 Å². The van der Waals surface area contributed by atoms with Gasteiger partial charge in [-0.2, -0.15) is 26.1 Å². The Kier molecular flexibility index (Phi) is 32.4. The van der Waals surface area contributed by atoms with E-state index in [9.17, 15) is 35.7 Å². The van der Waals surface area contributed by atoms with E-state index >= 15 is 0 Å². The van der Waals surface area contributed by atoms with E-state index in [1.807, 2.05) is 90.8 Å². The van der Waals surface area contributed by atoms with Crippen molar-refractivity contribution in [2.75, 3.05) is 172 Å². The van der Waals surface area contributed by atoms with Gasteiger partial charge in [-0.25, -0.2) is 39.9 Å². The number of aryl methyl sites for hydroxylation is 1. The maximum atomic E-state index is 13.3. The lowest BCUT2D eigenvalue weighted by Gasteiger charge is -2.43. The molecule has 0 unspecified atom stereocenters. The fourth-order valence-electron chi connectivity index (χ4n) is 17.7. The third kappa shape index (κ3) is 25.3. The number of piperidine rings is 1. The van der Waals surface area contributed by atoms with E-state index in [-0.39, 0.29) is 36.2 Å². The molecule has 2 amide bonds. The fourth-order valence-corrected chi connectivity index (χ4v) is 17.7. The number of amides is 2. The summed E-state index contributed by atoms with van der Waals surface area (Å²) >= 11 is 0. The molecule has 0 radical (unpaired) electrons. The second-order valence-electron chi connectivity index (χ2n) is 36.0. The molecule has 13 heterocycles. The van der Waals surface area contributed by atoms with Crippen LogP contribution in [0.4, 0.5) is 51.8 Å². The van der Waals surface area contributed by atoms with Crippen molar-refractivity contribution < 1.29 is 66.8 Å². The summed E-state index contributed by atoms with van der Waals surface area (Å²) in [7, 11) is 5.05. The number of rotatable bonds is 27. The second kappa shape index (κ2) is 47.4. The van der Waals surface area contributed by atoms with E-state index in [1.165, 1.54) is 5.69 Å². The maximum Gasteiger partial charge on any atom is 0.257 e. The van der Waals surface area contributed by atoms with E-state index in [4.69, 9.17) is 57.1 Å². The van der Waals surface area contributed by atoms with Crippen LogP contribution in [0.3, 0.4) is 0 Å². The number of ether oxygens (including phenoxy) is 11. The van der Waals surface area contributed by atoms with Crippen LogP contribution in [0, 0.1) is 45.3 Å². The minimum atomic E-state index is -1.14. The number of hydrogen-bond donors (Lipinski definition) is 5. The molecule has 5 N–H and O–H groups in total. The fraction of sp³-hybridized carbons (Fsp3) is 0.374. The number of nitriles is 4. The molecule has 1 aliphatic carbocycles. The standard InChI is InChI=1S/C33H37N7O4.C31H34N6O5.C23H22N4O3.C20H20N6O2/c34-20-24-19-23(1-6-29(24)44-28-8-13-40(14-9-28)32(41)33(42)10-11-33)31-35-12-7-30(37-31)36-25-2-4-26(5-3-25)38-15-17-39(18-16-38)27-21-43-22-27;1-39-28-17-23(3-4-26(28)31(38)37-12-10-36(11-13-37)24-19-41-20-24)34-29-6-9-33-30(35-29)21-2-5-27(22(16-21)18-32)42-25-7-14-40-15-8-25;1-28-19-5-3-18(4-6-19)26-22-8-11-25-23(27-22)16-2-7-21(17(14-16)15-24)30-20-9-12-29-13-10-20;1-26-19(5-9-23-26)24-18-4-8-22-20(25-18)14-2-3-17(15(12-14)13-21)28-16-6-10-27-11-7-16/h1-7,12,19,27-28,42H,8-11,13-18,21-22H2,(H,35,36,37);2-6,9,16-17,24-25H,7-8,10-15,19-20H2,1H3,(H,33,34,35);2-8,11,14,20H,9-10,12-13H2,1H3,(H,25,26,27);2-5,8-9,12,16H,6-7,10-11H2,1H3,(H,22,24,25). The number of piperazine rings is 2. The van der Waals surface area contributed by atoms with Gasteiger partial charge in [-0.1, -0.05) is 0 Å². The molecule has 37 nitrogen and oxygen atoms in total. The molecule has 9 fully saturated rings. The molecule has 1 saturated carbocycles. The molecule has 144 heavy (non-hydrogen) atoms. The number of likely N-dealkylation sites (tertiary alicyclic amines) is 1. The summed E-state index contributed by atoms with van der Waals surface area (Å²) < 4.78 is 63.6. The normalized spacial score (nSPS) is 17.3. The predicted octanol–water partition coefficient (Wildman–Crippen LogP) is 14.0. The number of hydrogen-bond acceptors (Lipinski definition) is 34. The van der Waals surface area contributed by atoms with Crippen LogP contribution >= 0.6 is 0 Å². The number of aliphatic hydroxyl groups is 1. The van der Waals surface area contributed by atoms with Crippen molar-refractivity contribution in [3.63, 3.8) is 0 Å². The van der Waals surface area contributed by atoms with Crippen molar-refractivity contribution in [1.82, 2.24) is 69.3 Å². The first kappa shape index (κ1) is 98.6. The highest BCUT2D eigenvalue weighted by Gasteiger charge is 2.51. The van der Waals surface area contributed by atoms with Crippen molar-refractivity contribution in [3.05, 3.63) is 229 Å². The van der Waals surface area contributed by atoms with Gasteiger partial charge >= 0.3 is 0 Å². The lowest BCUT2D eigenvalue weighted by Crippen LogP contribution is -2.57. The number of aromatic nitrogens is 10. The van der Waals surface area contributed by atoms with Crippen molar-refractivity contribution in [2.45, 2.75) is 106 Å². The average Bonchev–Trinajstić information content (AvgIpc) is 1.56. The molecule has 0 spiro atoms. The molecule has 7 aromatic carbocycles. The second-order valence-corrected chi connectivity index (χ2v) is 36.0. The molecule has 9 aliphatic rings. The molecule has 0 atom stereocenters. The number of benzene rings is 7. The van der Waals surface area contributed by atoms with Crippen molar-refractivity contribution in [2.24, 2.45) is 7.05 Å². The van der Waals surface area contributed by atoms with Crippen LogP contribution in [0.2, 0.25) is 0 Å². The summed E-state index contributed by atoms with van der Waals surface area (Å²) in [6.07, 6.45) is 15.8. The predicted molar refractivity (Wildman–Crippen MR) is 536 cm³/mol. The Morgan fingerprint density at radius 3 is 1.12 bits per heavy atom. The van der Waals surface area contributed by atoms with Crippen molar-refractivity contribution in [3.8, 4) is 104 Å². The maximum absolute atomic E-state index is 13.3. The Hall–Kier alpha value is -15.6.